The van der Waals surface area contributed by atoms with Crippen LogP contribution in [0.15, 0.2) is 18.2 Å². The molecule has 90 valence electrons. The number of alkyl halides is 3. The van der Waals surface area contributed by atoms with Gasteiger partial charge in [0.15, 0.2) is 0 Å². The normalized spacial score (nSPS) is 12.1. The second-order valence-corrected chi connectivity index (χ2v) is 4.18. The number of fused-ring (bicyclic) bond motifs is 1. The number of halogens is 3. The standard InChI is InChI=1S/C13H12F3N/c1-7-8(2)11-6-10(13(14,15)16)4-5-12(11)17-9(7)3/h4-6H,1-3H3. The highest BCUT2D eigenvalue weighted by Crippen LogP contribution is 2.32. The molecule has 0 atom stereocenters. The monoisotopic (exact) mass is 239 g/mol. The van der Waals surface area contributed by atoms with Gasteiger partial charge < -0.3 is 0 Å². The fourth-order valence-corrected chi connectivity index (χ4v) is 1.85. The van der Waals surface area contributed by atoms with Gasteiger partial charge in [-0.2, -0.15) is 13.2 Å². The molecule has 1 aromatic carbocycles. The molecule has 0 N–H and O–H groups in total. The Bertz CT molecular complexity index is 585. The molecule has 0 aliphatic carbocycles. The summed E-state index contributed by atoms with van der Waals surface area (Å²) < 4.78 is 37.8. The van der Waals surface area contributed by atoms with E-state index in [4.69, 9.17) is 0 Å². The lowest BCUT2D eigenvalue weighted by molar-refractivity contribution is -0.137. The lowest BCUT2D eigenvalue weighted by atomic mass is 10.0. The van der Waals surface area contributed by atoms with Crippen molar-refractivity contribution in [2.24, 2.45) is 0 Å². The van der Waals surface area contributed by atoms with E-state index >= 15 is 0 Å². The highest BCUT2D eigenvalue weighted by molar-refractivity contribution is 5.84. The van der Waals surface area contributed by atoms with Crippen molar-refractivity contribution in [2.75, 3.05) is 0 Å². The van der Waals surface area contributed by atoms with Gasteiger partial charge in [0.05, 0.1) is 11.1 Å². The summed E-state index contributed by atoms with van der Waals surface area (Å²) in [4.78, 5) is 4.29. The third kappa shape index (κ3) is 1.99. The van der Waals surface area contributed by atoms with E-state index in [2.05, 4.69) is 4.98 Å². The van der Waals surface area contributed by atoms with Crippen LogP contribution in [0.1, 0.15) is 22.4 Å². The summed E-state index contributed by atoms with van der Waals surface area (Å²) in [6, 6.07) is 3.67. The second-order valence-electron chi connectivity index (χ2n) is 4.18. The molecule has 0 saturated carbocycles. The molecule has 0 bridgehead atoms. The van der Waals surface area contributed by atoms with E-state index in [1.54, 1.807) is 0 Å². The van der Waals surface area contributed by atoms with E-state index in [-0.39, 0.29) is 0 Å². The Morgan fingerprint density at radius 2 is 1.65 bits per heavy atom. The first-order chi connectivity index (χ1) is 7.80. The quantitative estimate of drug-likeness (QED) is 0.672. The largest absolute Gasteiger partial charge is 0.416 e. The van der Waals surface area contributed by atoms with Gasteiger partial charge in [-0.15, -0.1) is 0 Å². The van der Waals surface area contributed by atoms with Gasteiger partial charge in [-0.1, -0.05) is 0 Å². The first-order valence-corrected chi connectivity index (χ1v) is 5.25. The second kappa shape index (κ2) is 3.72. The number of hydrogen-bond donors (Lipinski definition) is 0. The maximum atomic E-state index is 12.6. The lowest BCUT2D eigenvalue weighted by Gasteiger charge is -2.11. The number of rotatable bonds is 0. The number of benzene rings is 1. The smallest absolute Gasteiger partial charge is 0.253 e. The summed E-state index contributed by atoms with van der Waals surface area (Å²) in [5, 5.41) is 0.572. The molecular formula is C13H12F3N. The molecule has 0 radical (unpaired) electrons. The first-order valence-electron chi connectivity index (χ1n) is 5.25. The lowest BCUT2D eigenvalue weighted by Crippen LogP contribution is -2.05. The van der Waals surface area contributed by atoms with Crippen molar-refractivity contribution in [3.05, 3.63) is 40.6 Å². The van der Waals surface area contributed by atoms with Crippen molar-refractivity contribution >= 4 is 10.9 Å². The number of aryl methyl sites for hydroxylation is 2. The van der Waals surface area contributed by atoms with Crippen LogP contribution in [0.3, 0.4) is 0 Å². The summed E-state index contributed by atoms with van der Waals surface area (Å²) in [6.07, 6.45) is -4.31. The zero-order chi connectivity index (χ0) is 12.8. The van der Waals surface area contributed by atoms with Gasteiger partial charge in [-0.05, 0) is 50.1 Å². The molecule has 0 aliphatic rings. The molecule has 0 unspecified atom stereocenters. The number of aromatic nitrogens is 1. The van der Waals surface area contributed by atoms with Crippen molar-refractivity contribution in [1.82, 2.24) is 4.98 Å². The zero-order valence-corrected chi connectivity index (χ0v) is 9.81. The van der Waals surface area contributed by atoms with Crippen LogP contribution in [-0.2, 0) is 6.18 Å². The topological polar surface area (TPSA) is 12.9 Å². The molecule has 0 aliphatic heterocycles. The van der Waals surface area contributed by atoms with Crippen molar-refractivity contribution in [3.8, 4) is 0 Å². The molecule has 17 heavy (non-hydrogen) atoms. The predicted molar refractivity (Wildman–Crippen MR) is 61.0 cm³/mol. The Labute approximate surface area is 97.3 Å². The van der Waals surface area contributed by atoms with Crippen LogP contribution in [0.25, 0.3) is 10.9 Å². The first kappa shape index (κ1) is 11.9. The average molecular weight is 239 g/mol. The maximum absolute atomic E-state index is 12.6. The van der Waals surface area contributed by atoms with Gasteiger partial charge in [-0.3, -0.25) is 4.98 Å². The minimum Gasteiger partial charge on any atom is -0.253 e. The van der Waals surface area contributed by atoms with E-state index in [1.807, 2.05) is 20.8 Å². The van der Waals surface area contributed by atoms with Gasteiger partial charge in [0.25, 0.3) is 0 Å². The van der Waals surface area contributed by atoms with Crippen molar-refractivity contribution in [2.45, 2.75) is 26.9 Å². The molecule has 4 heteroatoms. The molecular weight excluding hydrogens is 227 g/mol. The average Bonchev–Trinajstić information content (AvgIpc) is 2.24. The maximum Gasteiger partial charge on any atom is 0.416 e. The highest BCUT2D eigenvalue weighted by Gasteiger charge is 2.30. The van der Waals surface area contributed by atoms with Gasteiger partial charge in [0.2, 0.25) is 0 Å². The Kier molecular flexibility index (Phi) is 2.60. The molecule has 1 heterocycles. The Morgan fingerprint density at radius 3 is 2.24 bits per heavy atom. The summed E-state index contributed by atoms with van der Waals surface area (Å²) in [5.41, 5.74) is 2.64. The molecule has 0 spiro atoms. The minimum absolute atomic E-state index is 0.572. The third-order valence-corrected chi connectivity index (χ3v) is 3.12. The van der Waals surface area contributed by atoms with E-state index in [1.165, 1.54) is 12.1 Å². The number of nitrogens with zero attached hydrogens (tertiary/aromatic N) is 1. The van der Waals surface area contributed by atoms with Crippen molar-refractivity contribution in [3.63, 3.8) is 0 Å². The Balaban J connectivity index is 2.78. The van der Waals surface area contributed by atoms with Crippen LogP contribution in [-0.4, -0.2) is 4.98 Å². The van der Waals surface area contributed by atoms with Crippen LogP contribution in [0.2, 0.25) is 0 Å². The summed E-state index contributed by atoms with van der Waals surface area (Å²) in [7, 11) is 0. The van der Waals surface area contributed by atoms with Crippen LogP contribution in [0, 0.1) is 20.8 Å². The fraction of sp³-hybridized carbons (Fsp3) is 0.308. The van der Waals surface area contributed by atoms with Crippen LogP contribution < -0.4 is 0 Å². The van der Waals surface area contributed by atoms with Crippen molar-refractivity contribution < 1.29 is 13.2 Å². The van der Waals surface area contributed by atoms with E-state index in [9.17, 15) is 13.2 Å². The van der Waals surface area contributed by atoms with Gasteiger partial charge in [0, 0.05) is 11.1 Å². The van der Waals surface area contributed by atoms with E-state index in [0.29, 0.717) is 10.9 Å². The molecule has 0 saturated heterocycles. The number of hydrogen-bond acceptors (Lipinski definition) is 1. The Morgan fingerprint density at radius 1 is 1.00 bits per heavy atom. The summed E-state index contributed by atoms with van der Waals surface area (Å²) in [6.45, 7) is 5.56. The minimum atomic E-state index is -4.31. The molecule has 1 nitrogen and oxygen atoms in total. The van der Waals surface area contributed by atoms with Gasteiger partial charge >= 0.3 is 6.18 Å². The molecule has 2 aromatic rings. The van der Waals surface area contributed by atoms with E-state index in [0.717, 1.165) is 22.9 Å². The van der Waals surface area contributed by atoms with Crippen LogP contribution in [0.4, 0.5) is 13.2 Å². The fourth-order valence-electron chi connectivity index (χ4n) is 1.85. The highest BCUT2D eigenvalue weighted by atomic mass is 19.4. The molecule has 1 aromatic heterocycles. The van der Waals surface area contributed by atoms with Crippen LogP contribution in [0.5, 0.6) is 0 Å². The molecule has 2 rings (SSSR count). The van der Waals surface area contributed by atoms with Gasteiger partial charge in [-0.25, -0.2) is 0 Å². The molecule has 0 fully saturated rings. The molecule has 0 amide bonds. The predicted octanol–water partition coefficient (Wildman–Crippen LogP) is 4.18. The SMILES string of the molecule is Cc1nc2ccc(C(F)(F)F)cc2c(C)c1C. The summed E-state index contributed by atoms with van der Waals surface area (Å²) in [5.74, 6) is 0. The zero-order valence-electron chi connectivity index (χ0n) is 9.81. The Hall–Kier alpha value is -1.58. The third-order valence-electron chi connectivity index (χ3n) is 3.12. The van der Waals surface area contributed by atoms with E-state index < -0.39 is 11.7 Å². The van der Waals surface area contributed by atoms with Crippen LogP contribution >= 0.6 is 0 Å². The van der Waals surface area contributed by atoms with Gasteiger partial charge in [0.1, 0.15) is 0 Å². The number of pyridine rings is 1. The van der Waals surface area contributed by atoms with Crippen molar-refractivity contribution in [1.29, 1.82) is 0 Å². The summed E-state index contributed by atoms with van der Waals surface area (Å²) >= 11 is 0.